The predicted molar refractivity (Wildman–Crippen MR) is 89.8 cm³/mol. The maximum Gasteiger partial charge on any atom is 0.435 e. The molecular formula is C16H14F3N3O2S. The number of nitrogens with zero attached hydrogens (tertiary/aromatic N) is 2. The summed E-state index contributed by atoms with van der Waals surface area (Å²) in [6, 6.07) is 5.16. The number of fused-ring (bicyclic) bond motifs is 1. The zero-order valence-electron chi connectivity index (χ0n) is 13.3. The molecule has 0 spiro atoms. The van der Waals surface area contributed by atoms with Gasteiger partial charge in [0.05, 0.1) is 11.2 Å². The van der Waals surface area contributed by atoms with E-state index < -0.39 is 22.7 Å². The van der Waals surface area contributed by atoms with E-state index in [0.29, 0.717) is 28.0 Å². The molecule has 0 bridgehead atoms. The van der Waals surface area contributed by atoms with E-state index in [1.165, 1.54) is 0 Å². The van der Waals surface area contributed by atoms with Gasteiger partial charge in [-0.2, -0.15) is 13.2 Å². The van der Waals surface area contributed by atoms with E-state index >= 15 is 0 Å². The summed E-state index contributed by atoms with van der Waals surface area (Å²) < 4.78 is 41.0. The van der Waals surface area contributed by atoms with Crippen molar-refractivity contribution < 1.29 is 23.1 Å². The predicted octanol–water partition coefficient (Wildman–Crippen LogP) is 4.64. The number of halogens is 3. The minimum Gasteiger partial charge on any atom is -0.477 e. The van der Waals surface area contributed by atoms with Crippen molar-refractivity contribution in [3.63, 3.8) is 0 Å². The van der Waals surface area contributed by atoms with Gasteiger partial charge in [0.25, 0.3) is 0 Å². The lowest BCUT2D eigenvalue weighted by Crippen LogP contribution is -2.11. The van der Waals surface area contributed by atoms with Crippen molar-refractivity contribution in [3.05, 3.63) is 35.0 Å². The number of rotatable bonds is 3. The van der Waals surface area contributed by atoms with Crippen molar-refractivity contribution in [3.8, 4) is 10.6 Å². The first-order chi connectivity index (χ1) is 11.6. The minimum atomic E-state index is -4.83. The molecular weight excluding hydrogens is 355 g/mol. The molecule has 0 aliphatic carbocycles. The third kappa shape index (κ3) is 2.95. The third-order valence-corrected chi connectivity index (χ3v) is 4.85. The van der Waals surface area contributed by atoms with Crippen molar-refractivity contribution in [2.24, 2.45) is 0 Å². The van der Waals surface area contributed by atoms with Gasteiger partial charge >= 0.3 is 12.1 Å². The Morgan fingerprint density at radius 3 is 2.56 bits per heavy atom. The molecule has 0 saturated heterocycles. The first-order valence-corrected chi connectivity index (χ1v) is 8.13. The highest BCUT2D eigenvalue weighted by Crippen LogP contribution is 2.39. The molecule has 3 rings (SSSR count). The van der Waals surface area contributed by atoms with Crippen LogP contribution in [0.3, 0.4) is 0 Å². The molecule has 0 fully saturated rings. The molecule has 2 heterocycles. The smallest absolute Gasteiger partial charge is 0.435 e. The van der Waals surface area contributed by atoms with Gasteiger partial charge in [0.1, 0.15) is 9.88 Å². The minimum absolute atomic E-state index is 0.0108. The molecule has 0 unspecified atom stereocenters. The summed E-state index contributed by atoms with van der Waals surface area (Å²) in [6.45, 7) is 3.98. The van der Waals surface area contributed by atoms with E-state index in [-0.39, 0.29) is 11.0 Å². The second-order valence-electron chi connectivity index (χ2n) is 5.82. The lowest BCUT2D eigenvalue weighted by atomic mass is 10.1. The first-order valence-electron chi connectivity index (χ1n) is 7.31. The zero-order valence-corrected chi connectivity index (χ0v) is 14.1. The molecule has 3 aromatic rings. The molecule has 0 aliphatic rings. The Morgan fingerprint density at radius 2 is 2.04 bits per heavy atom. The van der Waals surface area contributed by atoms with Crippen molar-refractivity contribution in [2.75, 3.05) is 5.73 Å². The van der Waals surface area contributed by atoms with Crippen LogP contribution >= 0.6 is 11.3 Å². The Balaban J connectivity index is 2.17. The van der Waals surface area contributed by atoms with Crippen molar-refractivity contribution in [2.45, 2.75) is 26.1 Å². The van der Waals surface area contributed by atoms with E-state index in [4.69, 9.17) is 10.8 Å². The molecule has 5 nitrogen and oxygen atoms in total. The summed E-state index contributed by atoms with van der Waals surface area (Å²) >= 11 is 0.497. The number of nitrogens with two attached hydrogens (primary N) is 1. The number of thiazole rings is 1. The Bertz CT molecular complexity index is 973. The van der Waals surface area contributed by atoms with Crippen LogP contribution in [-0.2, 0) is 6.18 Å². The van der Waals surface area contributed by atoms with Crippen LogP contribution in [0.25, 0.3) is 21.5 Å². The Labute approximate surface area is 144 Å². The normalized spacial score (nSPS) is 12.2. The molecule has 25 heavy (non-hydrogen) atoms. The summed E-state index contributed by atoms with van der Waals surface area (Å²) in [5, 5.41) is 9.69. The monoisotopic (exact) mass is 369 g/mol. The average molecular weight is 369 g/mol. The van der Waals surface area contributed by atoms with Crippen LogP contribution in [-0.4, -0.2) is 20.6 Å². The molecule has 0 radical (unpaired) electrons. The second-order valence-corrected chi connectivity index (χ2v) is 6.82. The van der Waals surface area contributed by atoms with E-state index in [1.54, 1.807) is 24.4 Å². The molecule has 3 N–H and O–H groups in total. The molecule has 132 valence electrons. The number of carboxylic acids is 1. The van der Waals surface area contributed by atoms with E-state index in [9.17, 15) is 18.0 Å². The fourth-order valence-corrected chi connectivity index (χ4v) is 3.54. The topological polar surface area (TPSA) is 81.1 Å². The maximum atomic E-state index is 13.0. The molecule has 0 saturated carbocycles. The van der Waals surface area contributed by atoms with Gasteiger partial charge in [0, 0.05) is 23.2 Å². The van der Waals surface area contributed by atoms with Crippen LogP contribution in [0.4, 0.5) is 18.9 Å². The molecule has 1 aromatic carbocycles. The van der Waals surface area contributed by atoms with Crippen molar-refractivity contribution >= 4 is 33.9 Å². The number of carboxylic acid groups (broad SMARTS) is 1. The van der Waals surface area contributed by atoms with Gasteiger partial charge in [-0.1, -0.05) is 0 Å². The summed E-state index contributed by atoms with van der Waals surface area (Å²) in [6.07, 6.45) is -3.06. The average Bonchev–Trinajstić information content (AvgIpc) is 3.09. The highest BCUT2D eigenvalue weighted by Gasteiger charge is 2.39. The highest BCUT2D eigenvalue weighted by molar-refractivity contribution is 7.17. The molecule has 2 aromatic heterocycles. The van der Waals surface area contributed by atoms with Gasteiger partial charge in [-0.15, -0.1) is 11.3 Å². The van der Waals surface area contributed by atoms with Crippen molar-refractivity contribution in [1.82, 2.24) is 9.55 Å². The number of anilines is 1. The van der Waals surface area contributed by atoms with Crippen LogP contribution in [0.1, 0.15) is 35.3 Å². The lowest BCUT2D eigenvalue weighted by molar-refractivity contribution is -0.141. The number of hydrogen-bond donors (Lipinski definition) is 2. The van der Waals surface area contributed by atoms with Gasteiger partial charge in [-0.05, 0) is 32.0 Å². The number of aromatic nitrogens is 2. The number of hydrogen-bond acceptors (Lipinski definition) is 4. The van der Waals surface area contributed by atoms with Crippen LogP contribution in [0, 0.1) is 0 Å². The number of carbonyl (C=O) groups is 1. The fraction of sp³-hybridized carbons (Fsp3) is 0.250. The Morgan fingerprint density at radius 1 is 1.36 bits per heavy atom. The second kappa shape index (κ2) is 5.76. The lowest BCUT2D eigenvalue weighted by Gasteiger charge is -2.09. The Kier molecular flexibility index (Phi) is 3.98. The molecule has 0 amide bonds. The number of aromatic carboxylic acids is 1. The highest BCUT2D eigenvalue weighted by atomic mass is 32.1. The summed E-state index contributed by atoms with van der Waals surface area (Å²) in [5.41, 5.74) is 6.36. The third-order valence-electron chi connectivity index (χ3n) is 3.76. The summed E-state index contributed by atoms with van der Waals surface area (Å²) in [5.74, 6) is -1.65. The first kappa shape index (κ1) is 17.3. The zero-order chi connectivity index (χ0) is 18.5. The van der Waals surface area contributed by atoms with E-state index in [0.717, 1.165) is 5.52 Å². The quantitative estimate of drug-likeness (QED) is 0.704. The standard InChI is InChI=1S/C16H14F3N3O2S/c1-7(2)22-6-10(20)9-5-8(3-4-11(9)22)14-21-13(16(17,18)19)12(25-14)15(23)24/h3-7H,20H2,1-2H3,(H,23,24). The molecule has 0 aliphatic heterocycles. The van der Waals surface area contributed by atoms with Gasteiger partial charge < -0.3 is 15.4 Å². The maximum absolute atomic E-state index is 13.0. The number of benzene rings is 1. The SMILES string of the molecule is CC(C)n1cc(N)c2cc(-c3nc(C(F)(F)F)c(C(=O)O)s3)ccc21. The summed E-state index contributed by atoms with van der Waals surface area (Å²) in [7, 11) is 0. The van der Waals surface area contributed by atoms with Gasteiger partial charge in [-0.25, -0.2) is 9.78 Å². The van der Waals surface area contributed by atoms with Crippen molar-refractivity contribution in [1.29, 1.82) is 0 Å². The number of alkyl halides is 3. The van der Waals surface area contributed by atoms with E-state index in [2.05, 4.69) is 4.98 Å². The largest absolute Gasteiger partial charge is 0.477 e. The van der Waals surface area contributed by atoms with E-state index in [1.807, 2.05) is 18.4 Å². The van der Waals surface area contributed by atoms with Crippen LogP contribution in [0.2, 0.25) is 0 Å². The Hall–Kier alpha value is -2.55. The van der Waals surface area contributed by atoms with Gasteiger partial charge in [0.15, 0.2) is 5.69 Å². The van der Waals surface area contributed by atoms with Crippen LogP contribution < -0.4 is 5.73 Å². The number of nitrogen functional groups attached to an aromatic ring is 1. The van der Waals surface area contributed by atoms with Gasteiger partial charge in [-0.3, -0.25) is 0 Å². The fourth-order valence-electron chi connectivity index (χ4n) is 2.62. The molecule has 0 atom stereocenters. The van der Waals surface area contributed by atoms with Crippen LogP contribution in [0.5, 0.6) is 0 Å². The summed E-state index contributed by atoms with van der Waals surface area (Å²) in [4.78, 5) is 13.8. The van der Waals surface area contributed by atoms with Crippen LogP contribution in [0.15, 0.2) is 24.4 Å². The molecule has 9 heteroatoms. The van der Waals surface area contributed by atoms with Gasteiger partial charge in [0.2, 0.25) is 0 Å².